The fraction of sp³-hybridized carbons (Fsp3) is 0.400. The summed E-state index contributed by atoms with van der Waals surface area (Å²) in [5.74, 6) is -0.512. The molecule has 1 N–H and O–H groups in total. The number of nitrogens with one attached hydrogen (secondary N) is 1. The first-order valence-corrected chi connectivity index (χ1v) is 7.83. The van der Waals surface area contributed by atoms with Crippen molar-refractivity contribution in [1.82, 2.24) is 0 Å². The lowest BCUT2D eigenvalue weighted by Gasteiger charge is -2.11. The Kier molecular flexibility index (Phi) is 5.22. The molecule has 1 rings (SSSR count). The lowest BCUT2D eigenvalue weighted by atomic mass is 10.3. The molecule has 0 fully saturated rings. The Labute approximate surface area is 114 Å². The molecular formula is C10H12BrClFNO2S. The SMILES string of the molecule is CCCCS(=O)(=O)Nc1c(Cl)cc(F)cc1Br. The van der Waals surface area contributed by atoms with E-state index in [0.29, 0.717) is 6.42 Å². The van der Waals surface area contributed by atoms with Crippen molar-refractivity contribution in [2.75, 3.05) is 10.5 Å². The quantitative estimate of drug-likeness (QED) is 0.883. The van der Waals surface area contributed by atoms with E-state index in [2.05, 4.69) is 20.7 Å². The average molecular weight is 345 g/mol. The Morgan fingerprint density at radius 1 is 1.47 bits per heavy atom. The van der Waals surface area contributed by atoms with Gasteiger partial charge in [-0.3, -0.25) is 4.72 Å². The highest BCUT2D eigenvalue weighted by Gasteiger charge is 2.15. The Hall–Kier alpha value is -0.330. The maximum atomic E-state index is 13.0. The van der Waals surface area contributed by atoms with Gasteiger partial charge in [0.25, 0.3) is 0 Å². The fourth-order valence-electron chi connectivity index (χ4n) is 1.18. The smallest absolute Gasteiger partial charge is 0.232 e. The number of benzene rings is 1. The van der Waals surface area contributed by atoms with Gasteiger partial charge >= 0.3 is 0 Å². The summed E-state index contributed by atoms with van der Waals surface area (Å²) in [4.78, 5) is 0. The molecule has 0 spiro atoms. The van der Waals surface area contributed by atoms with Crippen LogP contribution in [-0.2, 0) is 10.0 Å². The summed E-state index contributed by atoms with van der Waals surface area (Å²) in [6, 6.07) is 2.22. The fourth-order valence-corrected chi connectivity index (χ4v) is 3.57. The van der Waals surface area contributed by atoms with Gasteiger partial charge in [-0.15, -0.1) is 0 Å². The van der Waals surface area contributed by atoms with Gasteiger partial charge in [0, 0.05) is 4.47 Å². The molecule has 0 bridgehead atoms. The van der Waals surface area contributed by atoms with Crippen molar-refractivity contribution >= 4 is 43.2 Å². The minimum absolute atomic E-state index is 0.0175. The molecule has 0 saturated heterocycles. The number of halogens is 3. The Morgan fingerprint density at radius 3 is 2.65 bits per heavy atom. The highest BCUT2D eigenvalue weighted by Crippen LogP contribution is 2.32. The minimum atomic E-state index is -3.44. The highest BCUT2D eigenvalue weighted by atomic mass is 79.9. The van der Waals surface area contributed by atoms with Crippen LogP contribution in [0.4, 0.5) is 10.1 Å². The number of anilines is 1. The Morgan fingerprint density at radius 2 is 2.12 bits per heavy atom. The molecule has 0 aliphatic heterocycles. The molecule has 1 aromatic rings. The predicted molar refractivity (Wildman–Crippen MR) is 71.4 cm³/mol. The first-order chi connectivity index (χ1) is 7.85. The van der Waals surface area contributed by atoms with E-state index >= 15 is 0 Å². The molecule has 0 saturated carbocycles. The van der Waals surface area contributed by atoms with Gasteiger partial charge in [-0.25, -0.2) is 12.8 Å². The molecule has 1 aromatic carbocycles. The van der Waals surface area contributed by atoms with Gasteiger partial charge in [0.15, 0.2) is 0 Å². The van der Waals surface area contributed by atoms with E-state index in [1.54, 1.807) is 0 Å². The van der Waals surface area contributed by atoms with Gasteiger partial charge in [0.05, 0.1) is 16.5 Å². The monoisotopic (exact) mass is 343 g/mol. The summed E-state index contributed by atoms with van der Waals surface area (Å²) in [5.41, 5.74) is 0.171. The van der Waals surface area contributed by atoms with Crippen LogP contribution in [0.15, 0.2) is 16.6 Å². The van der Waals surface area contributed by atoms with Gasteiger partial charge in [-0.2, -0.15) is 0 Å². The van der Waals surface area contributed by atoms with Crippen molar-refractivity contribution in [2.45, 2.75) is 19.8 Å². The van der Waals surface area contributed by atoms with E-state index in [1.807, 2.05) is 6.92 Å². The van der Waals surface area contributed by atoms with Crippen LogP contribution in [0.25, 0.3) is 0 Å². The number of rotatable bonds is 5. The topological polar surface area (TPSA) is 46.2 Å². The largest absolute Gasteiger partial charge is 0.281 e. The van der Waals surface area contributed by atoms with Gasteiger partial charge in [0.2, 0.25) is 10.0 Å². The second kappa shape index (κ2) is 6.02. The third-order valence-electron chi connectivity index (χ3n) is 2.03. The second-order valence-corrected chi connectivity index (χ2v) is 6.62. The lowest BCUT2D eigenvalue weighted by Crippen LogP contribution is -2.17. The molecule has 17 heavy (non-hydrogen) atoms. The molecule has 0 aliphatic carbocycles. The van der Waals surface area contributed by atoms with Crippen LogP contribution >= 0.6 is 27.5 Å². The van der Waals surface area contributed by atoms with Gasteiger partial charge < -0.3 is 0 Å². The van der Waals surface area contributed by atoms with Gasteiger partial charge in [-0.1, -0.05) is 24.9 Å². The van der Waals surface area contributed by atoms with E-state index in [4.69, 9.17) is 11.6 Å². The minimum Gasteiger partial charge on any atom is -0.281 e. The third kappa shape index (κ3) is 4.44. The van der Waals surface area contributed by atoms with E-state index in [-0.39, 0.29) is 20.9 Å². The summed E-state index contributed by atoms with van der Waals surface area (Å²) >= 11 is 8.85. The maximum Gasteiger partial charge on any atom is 0.232 e. The van der Waals surface area contributed by atoms with Gasteiger partial charge in [-0.05, 0) is 34.5 Å². The van der Waals surface area contributed by atoms with Gasteiger partial charge in [0.1, 0.15) is 5.82 Å². The van der Waals surface area contributed by atoms with Crippen molar-refractivity contribution in [1.29, 1.82) is 0 Å². The zero-order chi connectivity index (χ0) is 13.1. The summed E-state index contributed by atoms with van der Waals surface area (Å²) in [6.45, 7) is 1.90. The summed E-state index contributed by atoms with van der Waals surface area (Å²) in [7, 11) is -3.44. The Balaban J connectivity index is 2.96. The van der Waals surface area contributed by atoms with E-state index in [0.717, 1.165) is 18.6 Å². The van der Waals surface area contributed by atoms with Crippen LogP contribution in [0.2, 0.25) is 5.02 Å². The maximum absolute atomic E-state index is 13.0. The number of sulfonamides is 1. The van der Waals surface area contributed by atoms with Crippen molar-refractivity contribution in [3.8, 4) is 0 Å². The van der Waals surface area contributed by atoms with Crippen molar-refractivity contribution < 1.29 is 12.8 Å². The molecule has 0 aliphatic rings. The van der Waals surface area contributed by atoms with Crippen LogP contribution < -0.4 is 4.72 Å². The lowest BCUT2D eigenvalue weighted by molar-refractivity contribution is 0.597. The molecule has 96 valence electrons. The van der Waals surface area contributed by atoms with Crippen LogP contribution in [0.1, 0.15) is 19.8 Å². The molecular weight excluding hydrogens is 333 g/mol. The number of hydrogen-bond donors (Lipinski definition) is 1. The summed E-state index contributed by atoms with van der Waals surface area (Å²) in [5, 5.41) is 0.0250. The van der Waals surface area contributed by atoms with Crippen LogP contribution in [0.5, 0.6) is 0 Å². The van der Waals surface area contributed by atoms with E-state index < -0.39 is 15.8 Å². The zero-order valence-electron chi connectivity index (χ0n) is 9.13. The number of unbranched alkanes of at least 4 members (excludes halogenated alkanes) is 1. The molecule has 0 unspecified atom stereocenters. The van der Waals surface area contributed by atoms with Crippen molar-refractivity contribution in [3.63, 3.8) is 0 Å². The molecule has 0 atom stereocenters. The van der Waals surface area contributed by atoms with Crippen LogP contribution in [-0.4, -0.2) is 14.2 Å². The predicted octanol–water partition coefficient (Wildman–Crippen LogP) is 3.78. The van der Waals surface area contributed by atoms with Crippen molar-refractivity contribution in [2.24, 2.45) is 0 Å². The Bertz CT molecular complexity index is 484. The molecule has 0 amide bonds. The van der Waals surface area contributed by atoms with Crippen LogP contribution in [0, 0.1) is 5.82 Å². The summed E-state index contributed by atoms with van der Waals surface area (Å²) in [6.07, 6.45) is 1.34. The molecule has 3 nitrogen and oxygen atoms in total. The first kappa shape index (κ1) is 14.7. The van der Waals surface area contributed by atoms with E-state index in [1.165, 1.54) is 0 Å². The molecule has 0 aromatic heterocycles. The molecule has 0 heterocycles. The third-order valence-corrected chi connectivity index (χ3v) is 4.30. The zero-order valence-corrected chi connectivity index (χ0v) is 12.3. The molecule has 0 radical (unpaired) electrons. The average Bonchev–Trinajstić information content (AvgIpc) is 2.21. The normalized spacial score (nSPS) is 11.5. The molecule has 7 heteroatoms. The number of hydrogen-bond acceptors (Lipinski definition) is 2. The first-order valence-electron chi connectivity index (χ1n) is 5.00. The highest BCUT2D eigenvalue weighted by molar-refractivity contribution is 9.10. The van der Waals surface area contributed by atoms with E-state index in [9.17, 15) is 12.8 Å². The van der Waals surface area contributed by atoms with Crippen LogP contribution in [0.3, 0.4) is 0 Å². The second-order valence-electron chi connectivity index (χ2n) is 3.52. The summed E-state index contributed by atoms with van der Waals surface area (Å²) < 4.78 is 38.9. The van der Waals surface area contributed by atoms with Crippen molar-refractivity contribution in [3.05, 3.63) is 27.4 Å². The standard InChI is InChI=1S/C10H12BrClFNO2S/c1-2-3-4-17(15,16)14-10-8(11)5-7(13)6-9(10)12/h5-6,14H,2-4H2,1H3.